The maximum Gasteiger partial charge on any atom is 0.269 e. The third-order valence-corrected chi connectivity index (χ3v) is 5.59. The molecule has 1 aliphatic rings. The number of nitro groups is 1. The van der Waals surface area contributed by atoms with Crippen molar-refractivity contribution in [1.82, 2.24) is 0 Å². The topological polar surface area (TPSA) is 63.5 Å². The number of hydrogen-bond donors (Lipinski definition) is 0. The maximum absolute atomic E-state index is 13.5. The van der Waals surface area contributed by atoms with Gasteiger partial charge in [0.1, 0.15) is 0 Å². The Bertz CT molecular complexity index is 1100. The van der Waals surface area contributed by atoms with E-state index in [0.717, 1.165) is 22.3 Å². The quantitative estimate of drug-likeness (QED) is 0.321. The van der Waals surface area contributed by atoms with Gasteiger partial charge in [-0.05, 0) is 36.3 Å². The summed E-state index contributed by atoms with van der Waals surface area (Å²) in [6.45, 7) is 4.09. The summed E-state index contributed by atoms with van der Waals surface area (Å²) in [5, 5.41) is 11.0. The van der Waals surface area contributed by atoms with Crippen molar-refractivity contribution in [1.29, 1.82) is 0 Å². The molecule has 0 saturated carbocycles. The van der Waals surface area contributed by atoms with Crippen LogP contribution in [-0.4, -0.2) is 10.8 Å². The highest BCUT2D eigenvalue weighted by Gasteiger charge is 2.43. The van der Waals surface area contributed by atoms with Gasteiger partial charge in [0.05, 0.1) is 11.0 Å². The molecule has 1 saturated heterocycles. The van der Waals surface area contributed by atoms with Gasteiger partial charge < -0.3 is 4.90 Å². The Morgan fingerprint density at radius 1 is 0.933 bits per heavy atom. The molecule has 2 atom stereocenters. The number of rotatable bonds is 4. The van der Waals surface area contributed by atoms with E-state index in [0.29, 0.717) is 5.69 Å². The summed E-state index contributed by atoms with van der Waals surface area (Å²) in [7, 11) is 0. The van der Waals surface area contributed by atoms with E-state index >= 15 is 0 Å². The number of aryl methyl sites for hydroxylation is 1. The minimum absolute atomic E-state index is 0.00498. The van der Waals surface area contributed by atoms with Crippen LogP contribution in [0.4, 0.5) is 11.4 Å². The number of carbonyl (C=O) groups is 1. The highest BCUT2D eigenvalue weighted by molar-refractivity contribution is 6.12. The molecule has 0 bridgehead atoms. The normalized spacial score (nSPS) is 20.0. The molecule has 0 N–H and O–H groups in total. The summed E-state index contributed by atoms with van der Waals surface area (Å²) in [5.74, 6) is -0.124. The predicted octanol–water partition coefficient (Wildman–Crippen LogP) is 5.71. The van der Waals surface area contributed by atoms with Gasteiger partial charge in [-0.2, -0.15) is 0 Å². The summed E-state index contributed by atoms with van der Waals surface area (Å²) in [6.07, 6.45) is 1.94. The zero-order valence-corrected chi connectivity index (χ0v) is 16.9. The van der Waals surface area contributed by atoms with Gasteiger partial charge in [0.25, 0.3) is 11.6 Å². The average molecular weight is 398 g/mol. The maximum atomic E-state index is 13.5. The van der Waals surface area contributed by atoms with Gasteiger partial charge in [-0.15, -0.1) is 0 Å². The second kappa shape index (κ2) is 7.95. The van der Waals surface area contributed by atoms with Crippen LogP contribution >= 0.6 is 0 Å². The van der Waals surface area contributed by atoms with Crippen LogP contribution in [0.15, 0.2) is 84.4 Å². The first-order valence-electron chi connectivity index (χ1n) is 9.87. The van der Waals surface area contributed by atoms with E-state index in [2.05, 4.69) is 6.92 Å². The van der Waals surface area contributed by atoms with Crippen molar-refractivity contribution in [2.45, 2.75) is 19.9 Å². The fraction of sp³-hybridized carbons (Fsp3) is 0.160. The first-order chi connectivity index (χ1) is 14.5. The molecule has 0 aromatic heterocycles. The fourth-order valence-corrected chi connectivity index (χ4v) is 3.99. The smallest absolute Gasteiger partial charge is 0.269 e. The van der Waals surface area contributed by atoms with Crippen LogP contribution in [0.2, 0.25) is 0 Å². The van der Waals surface area contributed by atoms with E-state index in [9.17, 15) is 14.9 Å². The van der Waals surface area contributed by atoms with Gasteiger partial charge in [-0.3, -0.25) is 14.9 Å². The Labute approximate surface area is 175 Å². The molecular weight excluding hydrogens is 376 g/mol. The molecule has 1 fully saturated rings. The van der Waals surface area contributed by atoms with Crippen molar-refractivity contribution in [3.63, 3.8) is 0 Å². The number of carbonyl (C=O) groups excluding carboxylic acids is 1. The third kappa shape index (κ3) is 3.62. The van der Waals surface area contributed by atoms with Gasteiger partial charge >= 0.3 is 0 Å². The molecule has 30 heavy (non-hydrogen) atoms. The number of anilines is 1. The van der Waals surface area contributed by atoms with E-state index in [1.807, 2.05) is 67.6 Å². The van der Waals surface area contributed by atoms with Crippen LogP contribution in [0.1, 0.15) is 29.7 Å². The van der Waals surface area contributed by atoms with Crippen molar-refractivity contribution in [2.24, 2.45) is 5.92 Å². The largest absolute Gasteiger partial charge is 0.301 e. The SMILES string of the molecule is Cc1ccc([C@H]2[C@H](C)/C(=C\c3ccccc3)C(=O)N2c2ccc([N+](=O)[O-])cc2)cc1. The first kappa shape index (κ1) is 19.6. The van der Waals surface area contributed by atoms with Crippen LogP contribution in [0.3, 0.4) is 0 Å². The van der Waals surface area contributed by atoms with E-state index < -0.39 is 4.92 Å². The summed E-state index contributed by atoms with van der Waals surface area (Å²) >= 11 is 0. The molecule has 5 heteroatoms. The standard InChI is InChI=1S/C25H22N2O3/c1-17-8-10-20(11-9-17)24-18(2)23(16-19-6-4-3-5-7-19)25(28)26(24)21-12-14-22(15-13-21)27(29)30/h3-16,18,24H,1-2H3/b23-16+/t18-,24-/m1/s1. The number of nitro benzene ring substituents is 1. The van der Waals surface area contributed by atoms with Crippen molar-refractivity contribution in [3.05, 3.63) is 111 Å². The van der Waals surface area contributed by atoms with Gasteiger partial charge in [0.15, 0.2) is 0 Å². The van der Waals surface area contributed by atoms with Crippen LogP contribution in [0, 0.1) is 23.0 Å². The summed E-state index contributed by atoms with van der Waals surface area (Å²) in [4.78, 5) is 25.9. The zero-order valence-electron chi connectivity index (χ0n) is 16.9. The minimum atomic E-state index is -0.434. The van der Waals surface area contributed by atoms with Gasteiger partial charge in [0.2, 0.25) is 0 Å². The van der Waals surface area contributed by atoms with E-state index in [-0.39, 0.29) is 23.6 Å². The fourth-order valence-electron chi connectivity index (χ4n) is 3.99. The molecular formula is C25H22N2O3. The molecule has 150 valence electrons. The van der Waals surface area contributed by atoms with E-state index in [1.165, 1.54) is 12.1 Å². The van der Waals surface area contributed by atoms with Crippen LogP contribution < -0.4 is 4.90 Å². The van der Waals surface area contributed by atoms with Crippen LogP contribution in [0.5, 0.6) is 0 Å². The lowest BCUT2D eigenvalue weighted by Crippen LogP contribution is -2.28. The van der Waals surface area contributed by atoms with Gasteiger partial charge in [-0.1, -0.05) is 67.1 Å². The zero-order chi connectivity index (χ0) is 21.3. The van der Waals surface area contributed by atoms with Gasteiger partial charge in [-0.25, -0.2) is 0 Å². The number of amides is 1. The van der Waals surface area contributed by atoms with E-state index in [1.54, 1.807) is 17.0 Å². The Balaban J connectivity index is 1.81. The molecule has 1 heterocycles. The molecule has 0 radical (unpaired) electrons. The highest BCUT2D eigenvalue weighted by Crippen LogP contribution is 2.44. The molecule has 5 nitrogen and oxygen atoms in total. The Kier molecular flexibility index (Phi) is 5.19. The Morgan fingerprint density at radius 2 is 1.57 bits per heavy atom. The van der Waals surface area contributed by atoms with Gasteiger partial charge in [0, 0.05) is 29.3 Å². The minimum Gasteiger partial charge on any atom is -0.301 e. The summed E-state index contributed by atoms with van der Waals surface area (Å²) in [5.41, 5.74) is 4.55. The number of hydrogen-bond acceptors (Lipinski definition) is 3. The number of nitrogens with zero attached hydrogens (tertiary/aromatic N) is 2. The Morgan fingerprint density at radius 3 is 2.17 bits per heavy atom. The van der Waals surface area contributed by atoms with E-state index in [4.69, 9.17) is 0 Å². The lowest BCUT2D eigenvalue weighted by Gasteiger charge is -2.27. The molecule has 1 aliphatic heterocycles. The molecule has 0 aliphatic carbocycles. The summed E-state index contributed by atoms with van der Waals surface area (Å²) in [6, 6.07) is 24.0. The van der Waals surface area contributed by atoms with Crippen molar-refractivity contribution >= 4 is 23.4 Å². The lowest BCUT2D eigenvalue weighted by atomic mass is 9.90. The first-order valence-corrected chi connectivity index (χ1v) is 9.87. The second-order valence-electron chi connectivity index (χ2n) is 7.60. The second-order valence-corrected chi connectivity index (χ2v) is 7.60. The molecule has 4 rings (SSSR count). The molecule has 0 spiro atoms. The van der Waals surface area contributed by atoms with Crippen LogP contribution in [-0.2, 0) is 4.79 Å². The lowest BCUT2D eigenvalue weighted by molar-refractivity contribution is -0.384. The molecule has 1 amide bonds. The summed E-state index contributed by atoms with van der Waals surface area (Å²) < 4.78 is 0. The molecule has 3 aromatic carbocycles. The van der Waals surface area contributed by atoms with Crippen molar-refractivity contribution < 1.29 is 9.72 Å². The number of non-ortho nitro benzene ring substituents is 1. The predicted molar refractivity (Wildman–Crippen MR) is 118 cm³/mol. The van der Waals surface area contributed by atoms with Crippen molar-refractivity contribution in [2.75, 3.05) is 4.90 Å². The Hall–Kier alpha value is -3.73. The van der Waals surface area contributed by atoms with Crippen LogP contribution in [0.25, 0.3) is 6.08 Å². The monoisotopic (exact) mass is 398 g/mol. The van der Waals surface area contributed by atoms with Crippen molar-refractivity contribution in [3.8, 4) is 0 Å². The molecule has 3 aromatic rings. The third-order valence-electron chi connectivity index (χ3n) is 5.59. The average Bonchev–Trinajstić information content (AvgIpc) is 3.00. The number of benzene rings is 3. The molecule has 0 unspecified atom stereocenters. The highest BCUT2D eigenvalue weighted by atomic mass is 16.6.